The van der Waals surface area contributed by atoms with Crippen molar-refractivity contribution in [3.63, 3.8) is 0 Å². The molecule has 0 aliphatic rings. The summed E-state index contributed by atoms with van der Waals surface area (Å²) in [4.78, 5) is 0. The molecule has 0 radical (unpaired) electrons. The molecule has 0 unspecified atom stereocenters. The Morgan fingerprint density at radius 3 is 2.44 bits per heavy atom. The summed E-state index contributed by atoms with van der Waals surface area (Å²) in [5.41, 5.74) is 6.24. The molecule has 0 saturated heterocycles. The van der Waals surface area contributed by atoms with E-state index < -0.39 is 0 Å². The Labute approximate surface area is 194 Å². The van der Waals surface area contributed by atoms with Gasteiger partial charge in [-0.05, 0) is 64.6 Å². The second-order valence-corrected chi connectivity index (χ2v) is 8.27. The van der Waals surface area contributed by atoms with Gasteiger partial charge in [0.05, 0.1) is 7.11 Å². The smallest absolute Gasteiger partial charge is 0.188 e. The van der Waals surface area contributed by atoms with E-state index >= 15 is 0 Å². The van der Waals surface area contributed by atoms with Crippen LogP contribution in [0.3, 0.4) is 0 Å². The van der Waals surface area contributed by atoms with Crippen molar-refractivity contribution < 1.29 is 14.2 Å². The van der Waals surface area contributed by atoms with E-state index in [1.807, 2.05) is 12.1 Å². The Morgan fingerprint density at radius 1 is 0.969 bits per heavy atom. The topological polar surface area (TPSA) is 39.7 Å². The summed E-state index contributed by atoms with van der Waals surface area (Å²) in [5.74, 6) is 1.70. The van der Waals surface area contributed by atoms with Gasteiger partial charge >= 0.3 is 0 Å². The van der Waals surface area contributed by atoms with Gasteiger partial charge in [-0.3, -0.25) is 0 Å². The Hall–Kier alpha value is -2.56. The first-order valence-electron chi connectivity index (χ1n) is 11.4. The molecular formula is C28H39NO3. The largest absolute Gasteiger partial charge is 0.496 e. The molecule has 0 aliphatic heterocycles. The molecule has 0 fully saturated rings. The first-order chi connectivity index (χ1) is 15.5. The average Bonchev–Trinajstić information content (AvgIpc) is 2.79. The first-order valence-corrected chi connectivity index (χ1v) is 11.4. The molecule has 1 N–H and O–H groups in total. The number of hydrogen-bond donors (Lipinski definition) is 1. The van der Waals surface area contributed by atoms with Crippen LogP contribution in [0.1, 0.15) is 50.3 Å². The summed E-state index contributed by atoms with van der Waals surface area (Å²) in [6, 6.07) is 14.6. The maximum Gasteiger partial charge on any atom is 0.188 e. The summed E-state index contributed by atoms with van der Waals surface area (Å²) in [6.45, 7) is 8.31. The van der Waals surface area contributed by atoms with E-state index in [-0.39, 0.29) is 6.79 Å². The number of hydrogen-bond acceptors (Lipinski definition) is 4. The third-order valence-electron chi connectivity index (χ3n) is 5.33. The lowest BCUT2D eigenvalue weighted by Crippen LogP contribution is -2.18. The van der Waals surface area contributed by atoms with Gasteiger partial charge in [-0.25, -0.2) is 0 Å². The zero-order valence-electron chi connectivity index (χ0n) is 20.4. The highest BCUT2D eigenvalue weighted by molar-refractivity contribution is 5.51. The van der Waals surface area contributed by atoms with Gasteiger partial charge in [-0.1, -0.05) is 59.7 Å². The van der Waals surface area contributed by atoms with Crippen molar-refractivity contribution in [2.24, 2.45) is 0 Å². The van der Waals surface area contributed by atoms with Gasteiger partial charge in [-0.2, -0.15) is 0 Å². The average molecular weight is 438 g/mol. The van der Waals surface area contributed by atoms with Crippen LogP contribution in [0.15, 0.2) is 65.8 Å². The summed E-state index contributed by atoms with van der Waals surface area (Å²) in [7, 11) is 3.35. The molecule has 0 amide bonds. The Balaban J connectivity index is 2.12. The molecular weight excluding hydrogens is 398 g/mol. The second-order valence-electron chi connectivity index (χ2n) is 8.27. The third-order valence-corrected chi connectivity index (χ3v) is 5.33. The fraction of sp³-hybridized carbons (Fsp3) is 0.429. The van der Waals surface area contributed by atoms with Crippen LogP contribution in [0, 0.1) is 0 Å². The van der Waals surface area contributed by atoms with Crippen LogP contribution in [-0.2, 0) is 24.1 Å². The molecule has 0 aromatic heterocycles. The SMILES string of the molecule is COCOc1c(CNCCc2ccccc2)ccc(OC)c1C/C=C(\C)CCC=C(C)C. The van der Waals surface area contributed by atoms with Crippen molar-refractivity contribution in [1.29, 1.82) is 0 Å². The van der Waals surface area contributed by atoms with Crippen molar-refractivity contribution >= 4 is 0 Å². The van der Waals surface area contributed by atoms with Crippen LogP contribution in [0.25, 0.3) is 0 Å². The van der Waals surface area contributed by atoms with Crippen molar-refractivity contribution in [3.8, 4) is 11.5 Å². The highest BCUT2D eigenvalue weighted by Gasteiger charge is 2.15. The molecule has 0 spiro atoms. The van der Waals surface area contributed by atoms with E-state index in [2.05, 4.69) is 68.6 Å². The quantitative estimate of drug-likeness (QED) is 0.216. The van der Waals surface area contributed by atoms with Crippen LogP contribution >= 0.6 is 0 Å². The Bertz CT molecular complexity index is 868. The van der Waals surface area contributed by atoms with Crippen LogP contribution in [-0.4, -0.2) is 27.6 Å². The minimum Gasteiger partial charge on any atom is -0.496 e. The molecule has 32 heavy (non-hydrogen) atoms. The Morgan fingerprint density at radius 2 is 1.75 bits per heavy atom. The fourth-order valence-electron chi connectivity index (χ4n) is 3.55. The van der Waals surface area contributed by atoms with E-state index in [0.29, 0.717) is 0 Å². The van der Waals surface area contributed by atoms with E-state index in [0.717, 1.165) is 61.4 Å². The van der Waals surface area contributed by atoms with Gasteiger partial charge in [0, 0.05) is 24.8 Å². The lowest BCUT2D eigenvalue weighted by molar-refractivity contribution is 0.0495. The van der Waals surface area contributed by atoms with Gasteiger partial charge < -0.3 is 19.5 Å². The zero-order valence-corrected chi connectivity index (χ0v) is 20.4. The highest BCUT2D eigenvalue weighted by atomic mass is 16.7. The molecule has 2 aromatic rings. The molecule has 0 aliphatic carbocycles. The summed E-state index contributed by atoms with van der Waals surface area (Å²) in [6.07, 6.45) is 8.45. The van der Waals surface area contributed by atoms with Crippen molar-refractivity contribution in [1.82, 2.24) is 5.32 Å². The van der Waals surface area contributed by atoms with Gasteiger partial charge in [-0.15, -0.1) is 0 Å². The first kappa shape index (κ1) is 25.7. The summed E-state index contributed by atoms with van der Waals surface area (Å²) in [5, 5.41) is 3.55. The van der Waals surface area contributed by atoms with Gasteiger partial charge in [0.2, 0.25) is 0 Å². The van der Waals surface area contributed by atoms with Gasteiger partial charge in [0.1, 0.15) is 11.5 Å². The zero-order chi connectivity index (χ0) is 23.2. The normalized spacial score (nSPS) is 11.3. The lowest BCUT2D eigenvalue weighted by Gasteiger charge is -2.18. The van der Waals surface area contributed by atoms with Crippen LogP contribution < -0.4 is 14.8 Å². The molecule has 174 valence electrons. The molecule has 4 heteroatoms. The molecule has 0 saturated carbocycles. The van der Waals surface area contributed by atoms with Crippen molar-refractivity contribution in [2.75, 3.05) is 27.6 Å². The number of nitrogens with one attached hydrogen (secondary N) is 1. The minimum atomic E-state index is 0.209. The Kier molecular flexibility index (Phi) is 11.6. The number of rotatable bonds is 14. The molecule has 4 nitrogen and oxygen atoms in total. The van der Waals surface area contributed by atoms with Crippen molar-refractivity contribution in [2.45, 2.75) is 53.0 Å². The third kappa shape index (κ3) is 8.89. The van der Waals surface area contributed by atoms with Gasteiger partial charge in [0.15, 0.2) is 6.79 Å². The summed E-state index contributed by atoms with van der Waals surface area (Å²) < 4.78 is 16.9. The monoisotopic (exact) mass is 437 g/mol. The van der Waals surface area contributed by atoms with Crippen LogP contribution in [0.4, 0.5) is 0 Å². The molecule has 0 atom stereocenters. The fourth-order valence-corrected chi connectivity index (χ4v) is 3.55. The van der Waals surface area contributed by atoms with E-state index in [4.69, 9.17) is 14.2 Å². The molecule has 0 heterocycles. The predicted molar refractivity (Wildman–Crippen MR) is 133 cm³/mol. The predicted octanol–water partition coefficient (Wildman–Crippen LogP) is 6.25. The number of methoxy groups -OCH3 is 2. The van der Waals surface area contributed by atoms with Crippen LogP contribution in [0.5, 0.6) is 11.5 Å². The number of benzene rings is 2. The van der Waals surface area contributed by atoms with Crippen LogP contribution in [0.2, 0.25) is 0 Å². The number of ether oxygens (including phenoxy) is 3. The van der Waals surface area contributed by atoms with E-state index in [1.54, 1.807) is 14.2 Å². The second kappa shape index (κ2) is 14.5. The molecule has 2 rings (SSSR count). The highest BCUT2D eigenvalue weighted by Crippen LogP contribution is 2.34. The maximum atomic E-state index is 6.04. The summed E-state index contributed by atoms with van der Waals surface area (Å²) >= 11 is 0. The minimum absolute atomic E-state index is 0.209. The van der Waals surface area contributed by atoms with Crippen molar-refractivity contribution in [3.05, 3.63) is 82.5 Å². The standard InChI is InChI=1S/C28H39NO3/c1-22(2)10-9-11-23(3)14-16-26-27(31-5)17-15-25(28(26)32-21-30-4)20-29-19-18-24-12-7-6-8-13-24/h6-8,10,12-15,17,29H,9,11,16,18-21H2,1-5H3/b23-14+. The molecule has 2 aromatic carbocycles. The van der Waals surface area contributed by atoms with Gasteiger partial charge in [0.25, 0.3) is 0 Å². The maximum absolute atomic E-state index is 6.04. The molecule has 0 bridgehead atoms. The lowest BCUT2D eigenvalue weighted by atomic mass is 10.0. The number of allylic oxidation sites excluding steroid dienone is 4. The van der Waals surface area contributed by atoms with E-state index in [9.17, 15) is 0 Å². The van der Waals surface area contributed by atoms with E-state index in [1.165, 1.54) is 16.7 Å².